The lowest BCUT2D eigenvalue weighted by Crippen LogP contribution is -2.13. The summed E-state index contributed by atoms with van der Waals surface area (Å²) in [5.41, 5.74) is 2.73. The zero-order chi connectivity index (χ0) is 19.9. The molecule has 0 atom stereocenters. The Morgan fingerprint density at radius 2 is 1.64 bits per heavy atom. The molecule has 8 heteroatoms. The van der Waals surface area contributed by atoms with Crippen molar-refractivity contribution in [2.75, 3.05) is 4.72 Å². The lowest BCUT2D eigenvalue weighted by Gasteiger charge is -2.09. The summed E-state index contributed by atoms with van der Waals surface area (Å²) in [6.07, 6.45) is 0. The van der Waals surface area contributed by atoms with Crippen LogP contribution in [0.3, 0.4) is 0 Å². The fourth-order valence-corrected chi connectivity index (χ4v) is 4.16. The molecule has 0 radical (unpaired) electrons. The quantitative estimate of drug-likeness (QED) is 0.455. The van der Waals surface area contributed by atoms with Crippen molar-refractivity contribution in [1.29, 1.82) is 0 Å². The maximum absolute atomic E-state index is 13.3. The first kappa shape index (κ1) is 18.5. The van der Waals surface area contributed by atoms with Crippen LogP contribution in [0.1, 0.15) is 0 Å². The van der Waals surface area contributed by atoms with Crippen LogP contribution in [0.4, 0.5) is 14.5 Å². The molecule has 1 heterocycles. The first-order valence-electron chi connectivity index (χ1n) is 8.18. The third kappa shape index (κ3) is 3.58. The van der Waals surface area contributed by atoms with Crippen LogP contribution in [-0.2, 0) is 10.0 Å². The number of benzene rings is 3. The third-order valence-corrected chi connectivity index (χ3v) is 5.90. The van der Waals surface area contributed by atoms with E-state index >= 15 is 0 Å². The first-order chi connectivity index (χ1) is 13.3. The molecule has 3 aromatic carbocycles. The predicted molar refractivity (Wildman–Crippen MR) is 106 cm³/mol. The summed E-state index contributed by atoms with van der Waals surface area (Å²) >= 11 is 5.66. The fraction of sp³-hybridized carbons (Fsp3) is 0. The average molecular weight is 419 g/mol. The molecule has 0 amide bonds. The van der Waals surface area contributed by atoms with Gasteiger partial charge in [-0.05, 0) is 60.2 Å². The van der Waals surface area contributed by atoms with Gasteiger partial charge in [-0.2, -0.15) is 0 Å². The van der Waals surface area contributed by atoms with Crippen LogP contribution in [0.5, 0.6) is 0 Å². The molecule has 0 saturated heterocycles. The highest BCUT2D eigenvalue weighted by Crippen LogP contribution is 2.27. The number of aromatic nitrogens is 1. The number of aromatic amines is 1. The molecule has 4 aromatic rings. The molecule has 142 valence electrons. The van der Waals surface area contributed by atoms with E-state index < -0.39 is 15.8 Å². The summed E-state index contributed by atoms with van der Waals surface area (Å²) in [6, 6.07) is 16.1. The van der Waals surface area contributed by atoms with Crippen molar-refractivity contribution in [2.45, 2.75) is 4.90 Å². The van der Waals surface area contributed by atoms with Crippen molar-refractivity contribution in [1.82, 2.24) is 4.98 Å². The molecule has 28 heavy (non-hydrogen) atoms. The van der Waals surface area contributed by atoms with E-state index in [1.165, 1.54) is 12.1 Å². The number of H-pyrrole nitrogens is 1. The van der Waals surface area contributed by atoms with Crippen LogP contribution in [0.15, 0.2) is 71.6 Å². The van der Waals surface area contributed by atoms with Crippen LogP contribution in [0.25, 0.3) is 22.2 Å². The van der Waals surface area contributed by atoms with Gasteiger partial charge in [-0.1, -0.05) is 23.7 Å². The van der Waals surface area contributed by atoms with Crippen molar-refractivity contribution in [3.63, 3.8) is 0 Å². The number of hydrogen-bond donors (Lipinski definition) is 2. The van der Waals surface area contributed by atoms with Gasteiger partial charge in [0.1, 0.15) is 11.6 Å². The molecule has 4 nitrogen and oxygen atoms in total. The van der Waals surface area contributed by atoms with E-state index in [0.717, 1.165) is 40.4 Å². The summed E-state index contributed by atoms with van der Waals surface area (Å²) in [5.74, 6) is -1.01. The standard InChI is InChI=1S/C20H13ClF2N2O2S/c21-17-11-16(6-7-18(17)23)28(26,27)25-15-4-1-12(2-5-15)20-10-13-9-14(22)3-8-19(13)24-20/h1-11,24-25H. The van der Waals surface area contributed by atoms with Gasteiger partial charge in [-0.15, -0.1) is 0 Å². The molecular formula is C20H13ClF2N2O2S. The lowest BCUT2D eigenvalue weighted by molar-refractivity contribution is 0.599. The summed E-state index contributed by atoms with van der Waals surface area (Å²) in [7, 11) is -3.91. The summed E-state index contributed by atoms with van der Waals surface area (Å²) in [4.78, 5) is 3.05. The molecule has 0 bridgehead atoms. The topological polar surface area (TPSA) is 62.0 Å². The predicted octanol–water partition coefficient (Wildman–Crippen LogP) is 5.57. The van der Waals surface area contributed by atoms with E-state index in [1.807, 2.05) is 6.07 Å². The molecular weight excluding hydrogens is 406 g/mol. The van der Waals surface area contributed by atoms with Crippen LogP contribution < -0.4 is 4.72 Å². The van der Waals surface area contributed by atoms with Crippen LogP contribution in [0.2, 0.25) is 5.02 Å². The van der Waals surface area contributed by atoms with Crippen molar-refractivity contribution >= 4 is 38.2 Å². The first-order valence-corrected chi connectivity index (χ1v) is 10.0. The van der Waals surface area contributed by atoms with Gasteiger partial charge in [0.15, 0.2) is 0 Å². The Kier molecular flexibility index (Phi) is 4.56. The van der Waals surface area contributed by atoms with E-state index in [1.54, 1.807) is 30.3 Å². The molecule has 0 aliphatic rings. The number of rotatable bonds is 4. The Bertz CT molecular complexity index is 1290. The van der Waals surface area contributed by atoms with E-state index in [4.69, 9.17) is 11.6 Å². The van der Waals surface area contributed by atoms with E-state index in [0.29, 0.717) is 5.69 Å². The van der Waals surface area contributed by atoms with Gasteiger partial charge in [-0.3, -0.25) is 4.72 Å². The van der Waals surface area contributed by atoms with Crippen LogP contribution >= 0.6 is 11.6 Å². The van der Waals surface area contributed by atoms with Crippen molar-refractivity contribution in [2.24, 2.45) is 0 Å². The maximum atomic E-state index is 13.3. The Morgan fingerprint density at radius 3 is 2.36 bits per heavy atom. The highest BCUT2D eigenvalue weighted by Gasteiger charge is 2.16. The number of anilines is 1. The minimum absolute atomic E-state index is 0.138. The monoisotopic (exact) mass is 418 g/mol. The molecule has 0 fully saturated rings. The number of fused-ring (bicyclic) bond motifs is 1. The van der Waals surface area contributed by atoms with Gasteiger partial charge in [0.2, 0.25) is 0 Å². The summed E-state index contributed by atoms with van der Waals surface area (Å²) < 4.78 is 53.9. The average Bonchev–Trinajstić information content (AvgIpc) is 3.07. The molecule has 4 rings (SSSR count). The van der Waals surface area contributed by atoms with Gasteiger partial charge >= 0.3 is 0 Å². The van der Waals surface area contributed by atoms with Gasteiger partial charge < -0.3 is 4.98 Å². The number of hydrogen-bond acceptors (Lipinski definition) is 2. The normalized spacial score (nSPS) is 11.7. The molecule has 1 aromatic heterocycles. The molecule has 2 N–H and O–H groups in total. The second-order valence-corrected chi connectivity index (χ2v) is 8.26. The maximum Gasteiger partial charge on any atom is 0.261 e. The second kappa shape index (κ2) is 6.92. The minimum Gasteiger partial charge on any atom is -0.355 e. The van der Waals surface area contributed by atoms with Gasteiger partial charge in [0.05, 0.1) is 9.92 Å². The van der Waals surface area contributed by atoms with Crippen molar-refractivity contribution < 1.29 is 17.2 Å². The van der Waals surface area contributed by atoms with E-state index in [-0.39, 0.29) is 15.7 Å². The largest absolute Gasteiger partial charge is 0.355 e. The van der Waals surface area contributed by atoms with Crippen LogP contribution in [0, 0.1) is 11.6 Å². The zero-order valence-electron chi connectivity index (χ0n) is 14.2. The number of nitrogens with one attached hydrogen (secondary N) is 2. The molecule has 0 unspecified atom stereocenters. The number of sulfonamides is 1. The van der Waals surface area contributed by atoms with Gasteiger partial charge in [0.25, 0.3) is 10.0 Å². The Hall–Kier alpha value is -2.90. The molecule has 0 aliphatic heterocycles. The lowest BCUT2D eigenvalue weighted by atomic mass is 10.1. The molecule has 0 spiro atoms. The highest BCUT2D eigenvalue weighted by atomic mass is 35.5. The molecule has 0 aliphatic carbocycles. The SMILES string of the molecule is O=S(=O)(Nc1ccc(-c2cc3cc(F)ccc3[nH]2)cc1)c1ccc(F)c(Cl)c1. The fourth-order valence-electron chi connectivity index (χ4n) is 2.83. The van der Waals surface area contributed by atoms with Gasteiger partial charge in [-0.25, -0.2) is 17.2 Å². The van der Waals surface area contributed by atoms with E-state index in [2.05, 4.69) is 9.71 Å². The van der Waals surface area contributed by atoms with E-state index in [9.17, 15) is 17.2 Å². The minimum atomic E-state index is -3.91. The smallest absolute Gasteiger partial charge is 0.261 e. The highest BCUT2D eigenvalue weighted by molar-refractivity contribution is 7.92. The Morgan fingerprint density at radius 1 is 0.893 bits per heavy atom. The summed E-state index contributed by atoms with van der Waals surface area (Å²) in [5, 5.41) is 0.474. The van der Waals surface area contributed by atoms with Crippen molar-refractivity contribution in [3.05, 3.63) is 83.4 Å². The number of halogens is 3. The zero-order valence-corrected chi connectivity index (χ0v) is 15.8. The molecule has 0 saturated carbocycles. The van der Waals surface area contributed by atoms with Crippen molar-refractivity contribution in [3.8, 4) is 11.3 Å². The Labute approximate surface area is 164 Å². The Balaban J connectivity index is 1.59. The summed E-state index contributed by atoms with van der Waals surface area (Å²) in [6.45, 7) is 0. The van der Waals surface area contributed by atoms with Crippen LogP contribution in [-0.4, -0.2) is 13.4 Å². The second-order valence-electron chi connectivity index (χ2n) is 6.17. The van der Waals surface area contributed by atoms with Gasteiger partial charge in [0, 0.05) is 22.3 Å². The third-order valence-electron chi connectivity index (χ3n) is 4.23.